The average Bonchev–Trinajstić information content (AvgIpc) is 2.36. The van der Waals surface area contributed by atoms with Crippen molar-refractivity contribution in [2.75, 3.05) is 14.2 Å². The Morgan fingerprint density at radius 3 is 2.05 bits per heavy atom. The first-order valence-electron chi connectivity index (χ1n) is 7.07. The number of benzene rings is 1. The van der Waals surface area contributed by atoms with E-state index in [4.69, 9.17) is 9.47 Å². The summed E-state index contributed by atoms with van der Waals surface area (Å²) in [6.07, 6.45) is 1.10. The van der Waals surface area contributed by atoms with Gasteiger partial charge in [-0.2, -0.15) is 0 Å². The third kappa shape index (κ3) is 4.15. The van der Waals surface area contributed by atoms with Crippen LogP contribution in [-0.2, 0) is 0 Å². The number of methoxy groups -OCH3 is 2. The van der Waals surface area contributed by atoms with Crippen LogP contribution in [0.5, 0.6) is 11.5 Å². The van der Waals surface area contributed by atoms with Crippen molar-refractivity contribution in [1.29, 1.82) is 0 Å². The van der Waals surface area contributed by atoms with Crippen molar-refractivity contribution in [2.45, 2.75) is 45.9 Å². The molecule has 20 heavy (non-hydrogen) atoms. The Morgan fingerprint density at radius 2 is 1.60 bits per heavy atom. The van der Waals surface area contributed by atoms with E-state index in [9.17, 15) is 0 Å². The van der Waals surface area contributed by atoms with Gasteiger partial charge in [-0.1, -0.05) is 43.6 Å². The average molecular weight is 343 g/mol. The highest BCUT2D eigenvalue weighted by Crippen LogP contribution is 2.41. The largest absolute Gasteiger partial charge is 0.493 e. The molecule has 0 aliphatic heterocycles. The van der Waals surface area contributed by atoms with Crippen LogP contribution in [0, 0.1) is 18.3 Å². The van der Waals surface area contributed by atoms with E-state index in [2.05, 4.69) is 56.6 Å². The number of ether oxygens (including phenoxy) is 2. The van der Waals surface area contributed by atoms with Crippen LogP contribution >= 0.6 is 15.9 Å². The molecule has 0 saturated heterocycles. The molecule has 3 heteroatoms. The van der Waals surface area contributed by atoms with Gasteiger partial charge in [-0.15, -0.1) is 0 Å². The second-order valence-corrected chi connectivity index (χ2v) is 7.64. The van der Waals surface area contributed by atoms with Crippen LogP contribution in [0.2, 0.25) is 0 Å². The molecule has 1 aromatic carbocycles. The lowest BCUT2D eigenvalue weighted by Crippen LogP contribution is -2.18. The molecule has 1 rings (SSSR count). The summed E-state index contributed by atoms with van der Waals surface area (Å²) in [5.74, 6) is 2.21. The van der Waals surface area contributed by atoms with Gasteiger partial charge in [0.25, 0.3) is 0 Å². The number of hydrogen-bond acceptors (Lipinski definition) is 2. The SMILES string of the molecule is COc1cc(C)c(C(Br)CC(C)C(C)(C)C)cc1OC. The van der Waals surface area contributed by atoms with Crippen molar-refractivity contribution in [3.05, 3.63) is 23.3 Å². The smallest absolute Gasteiger partial charge is 0.161 e. The summed E-state index contributed by atoms with van der Waals surface area (Å²) in [7, 11) is 3.35. The summed E-state index contributed by atoms with van der Waals surface area (Å²) in [6.45, 7) is 11.3. The highest BCUT2D eigenvalue weighted by molar-refractivity contribution is 9.09. The van der Waals surface area contributed by atoms with Crippen molar-refractivity contribution in [3.8, 4) is 11.5 Å². The van der Waals surface area contributed by atoms with Crippen LogP contribution in [0.15, 0.2) is 12.1 Å². The lowest BCUT2D eigenvalue weighted by molar-refractivity contribution is 0.246. The fourth-order valence-corrected chi connectivity index (χ4v) is 3.18. The van der Waals surface area contributed by atoms with Crippen molar-refractivity contribution in [2.24, 2.45) is 11.3 Å². The molecule has 2 unspecified atom stereocenters. The van der Waals surface area contributed by atoms with E-state index in [1.165, 1.54) is 11.1 Å². The molecular weight excluding hydrogens is 316 g/mol. The van der Waals surface area contributed by atoms with Gasteiger partial charge in [0, 0.05) is 4.83 Å². The van der Waals surface area contributed by atoms with Gasteiger partial charge < -0.3 is 9.47 Å². The van der Waals surface area contributed by atoms with Gasteiger partial charge in [-0.25, -0.2) is 0 Å². The molecule has 0 saturated carbocycles. The summed E-state index contributed by atoms with van der Waals surface area (Å²) in [5.41, 5.74) is 2.82. The molecule has 0 amide bonds. The van der Waals surface area contributed by atoms with Crippen molar-refractivity contribution in [3.63, 3.8) is 0 Å². The van der Waals surface area contributed by atoms with Crippen molar-refractivity contribution < 1.29 is 9.47 Å². The van der Waals surface area contributed by atoms with E-state index in [1.807, 2.05) is 6.07 Å². The lowest BCUT2D eigenvalue weighted by Gasteiger charge is -2.29. The number of halogens is 1. The fraction of sp³-hybridized carbons (Fsp3) is 0.647. The minimum absolute atomic E-state index is 0.316. The van der Waals surface area contributed by atoms with E-state index in [1.54, 1.807) is 14.2 Å². The highest BCUT2D eigenvalue weighted by atomic mass is 79.9. The zero-order valence-electron chi connectivity index (χ0n) is 13.7. The van der Waals surface area contributed by atoms with E-state index in [0.29, 0.717) is 16.2 Å². The topological polar surface area (TPSA) is 18.5 Å². The van der Waals surface area contributed by atoms with Gasteiger partial charge >= 0.3 is 0 Å². The Labute approximate surface area is 132 Å². The van der Waals surface area contributed by atoms with E-state index in [-0.39, 0.29) is 0 Å². The van der Waals surface area contributed by atoms with Gasteiger partial charge in [-0.05, 0) is 47.9 Å². The summed E-state index contributed by atoms with van der Waals surface area (Å²) in [5, 5.41) is 0. The van der Waals surface area contributed by atoms with Gasteiger partial charge in [0.1, 0.15) is 0 Å². The summed E-state index contributed by atoms with van der Waals surface area (Å²) in [4.78, 5) is 0.330. The first-order chi connectivity index (χ1) is 9.20. The number of rotatable bonds is 5. The molecule has 0 bridgehead atoms. The maximum Gasteiger partial charge on any atom is 0.161 e. The molecule has 0 aliphatic carbocycles. The molecular formula is C17H27BrO2. The highest BCUT2D eigenvalue weighted by Gasteiger charge is 2.24. The molecule has 2 atom stereocenters. The van der Waals surface area contributed by atoms with E-state index < -0.39 is 0 Å². The van der Waals surface area contributed by atoms with Gasteiger partial charge in [0.15, 0.2) is 11.5 Å². The molecule has 0 heterocycles. The number of alkyl halides is 1. The Morgan fingerprint density at radius 1 is 1.10 bits per heavy atom. The maximum atomic E-state index is 5.41. The summed E-state index contributed by atoms with van der Waals surface area (Å²) < 4.78 is 10.8. The monoisotopic (exact) mass is 342 g/mol. The second-order valence-electron chi connectivity index (χ2n) is 6.53. The van der Waals surface area contributed by atoms with Crippen LogP contribution < -0.4 is 9.47 Å². The second kappa shape index (κ2) is 6.84. The molecule has 0 aliphatic rings. The minimum Gasteiger partial charge on any atom is -0.493 e. The normalized spacial score (nSPS) is 14.8. The third-order valence-corrected chi connectivity index (χ3v) is 5.02. The Bertz CT molecular complexity index is 449. The Hall–Kier alpha value is -0.700. The summed E-state index contributed by atoms with van der Waals surface area (Å²) >= 11 is 3.84. The number of hydrogen-bond donors (Lipinski definition) is 0. The van der Waals surface area contributed by atoms with Gasteiger partial charge in [-0.3, -0.25) is 0 Å². The third-order valence-electron chi connectivity index (χ3n) is 4.15. The molecule has 0 spiro atoms. The van der Waals surface area contributed by atoms with Crippen LogP contribution in [0.1, 0.15) is 50.1 Å². The predicted octanol–water partition coefficient (Wildman–Crippen LogP) is 5.52. The summed E-state index contributed by atoms with van der Waals surface area (Å²) in [6, 6.07) is 4.13. The van der Waals surface area contributed by atoms with Crippen molar-refractivity contribution in [1.82, 2.24) is 0 Å². The maximum absolute atomic E-state index is 5.41. The van der Waals surface area contributed by atoms with E-state index in [0.717, 1.165) is 17.9 Å². The molecule has 0 fully saturated rings. The molecule has 2 nitrogen and oxygen atoms in total. The lowest BCUT2D eigenvalue weighted by atomic mass is 9.78. The molecule has 1 aromatic rings. The molecule has 0 radical (unpaired) electrons. The molecule has 114 valence electrons. The van der Waals surface area contributed by atoms with E-state index >= 15 is 0 Å². The zero-order chi connectivity index (χ0) is 15.5. The predicted molar refractivity (Wildman–Crippen MR) is 89.2 cm³/mol. The zero-order valence-corrected chi connectivity index (χ0v) is 15.3. The minimum atomic E-state index is 0.316. The first kappa shape index (κ1) is 17.4. The van der Waals surface area contributed by atoms with Crippen LogP contribution in [-0.4, -0.2) is 14.2 Å². The fourth-order valence-electron chi connectivity index (χ4n) is 2.12. The van der Waals surface area contributed by atoms with Gasteiger partial charge in [0.05, 0.1) is 14.2 Å². The first-order valence-corrected chi connectivity index (χ1v) is 7.98. The van der Waals surface area contributed by atoms with Crippen LogP contribution in [0.25, 0.3) is 0 Å². The van der Waals surface area contributed by atoms with Crippen molar-refractivity contribution >= 4 is 15.9 Å². The van der Waals surface area contributed by atoms with Crippen LogP contribution in [0.4, 0.5) is 0 Å². The molecule has 0 N–H and O–H groups in total. The van der Waals surface area contributed by atoms with Gasteiger partial charge in [0.2, 0.25) is 0 Å². The standard InChI is InChI=1S/C17H27BrO2/c1-11-8-15(19-6)16(20-7)10-13(11)14(18)9-12(2)17(3,4)5/h8,10,12,14H,9H2,1-7H3. The molecule has 0 aromatic heterocycles. The Kier molecular flexibility index (Phi) is 5.93. The number of aryl methyl sites for hydroxylation is 1. The Balaban J connectivity index is 3.01. The van der Waals surface area contributed by atoms with Crippen LogP contribution in [0.3, 0.4) is 0 Å². The quantitative estimate of drug-likeness (QED) is 0.655.